The standard InChI is InChI=1S/C7H5N9/c1-2-6(15-4-8-11-13-15)10-7(3-1)16-5-9-12-14-16/h1-5H. The Kier molecular flexibility index (Phi) is 1.85. The largest absolute Gasteiger partial charge is 0.209 e. The molecule has 3 aromatic heterocycles. The minimum absolute atomic E-state index is 0.595. The zero-order valence-corrected chi connectivity index (χ0v) is 7.91. The third kappa shape index (κ3) is 1.39. The molecule has 0 atom stereocenters. The Morgan fingerprint density at radius 3 is 1.81 bits per heavy atom. The molecule has 0 amide bonds. The van der Waals surface area contributed by atoms with E-state index < -0.39 is 0 Å². The van der Waals surface area contributed by atoms with Gasteiger partial charge in [-0.1, -0.05) is 6.07 Å². The lowest BCUT2D eigenvalue weighted by Crippen LogP contribution is -2.04. The summed E-state index contributed by atoms with van der Waals surface area (Å²) >= 11 is 0. The first-order valence-electron chi connectivity index (χ1n) is 4.37. The smallest absolute Gasteiger partial charge is 0.159 e. The predicted octanol–water partition coefficient (Wildman–Crippen LogP) is -0.967. The normalized spacial score (nSPS) is 10.5. The maximum Gasteiger partial charge on any atom is 0.159 e. The summed E-state index contributed by atoms with van der Waals surface area (Å²) in [5.74, 6) is 1.19. The van der Waals surface area contributed by atoms with E-state index in [1.807, 2.05) is 6.07 Å². The van der Waals surface area contributed by atoms with Crippen LogP contribution < -0.4 is 0 Å². The van der Waals surface area contributed by atoms with Crippen molar-refractivity contribution in [2.24, 2.45) is 0 Å². The molecule has 0 aromatic carbocycles. The second-order valence-corrected chi connectivity index (χ2v) is 2.86. The number of hydrogen-bond donors (Lipinski definition) is 0. The van der Waals surface area contributed by atoms with Crippen molar-refractivity contribution in [2.75, 3.05) is 0 Å². The SMILES string of the molecule is c1cc(-n2cnnn2)nc(-n2cnnn2)c1. The maximum absolute atomic E-state index is 4.30. The van der Waals surface area contributed by atoms with Crippen LogP contribution in [0.2, 0.25) is 0 Å². The van der Waals surface area contributed by atoms with Gasteiger partial charge < -0.3 is 0 Å². The Hall–Kier alpha value is -2.71. The molecule has 0 aliphatic rings. The topological polar surface area (TPSA) is 100 Å². The molecule has 0 bridgehead atoms. The summed E-state index contributed by atoms with van der Waals surface area (Å²) in [6.07, 6.45) is 2.93. The number of nitrogens with zero attached hydrogens (tertiary/aromatic N) is 9. The zero-order valence-electron chi connectivity index (χ0n) is 7.91. The van der Waals surface area contributed by atoms with Crippen molar-refractivity contribution < 1.29 is 0 Å². The molecule has 9 nitrogen and oxygen atoms in total. The number of rotatable bonds is 2. The van der Waals surface area contributed by atoms with E-state index in [2.05, 4.69) is 36.0 Å². The summed E-state index contributed by atoms with van der Waals surface area (Å²) in [6, 6.07) is 5.38. The third-order valence-corrected chi connectivity index (χ3v) is 1.89. The molecule has 0 unspecified atom stereocenters. The van der Waals surface area contributed by atoms with Crippen molar-refractivity contribution in [3.8, 4) is 11.6 Å². The molecule has 0 aliphatic heterocycles. The first kappa shape index (κ1) is 8.59. The van der Waals surface area contributed by atoms with Crippen LogP contribution in [-0.4, -0.2) is 45.4 Å². The summed E-state index contributed by atoms with van der Waals surface area (Å²) in [5, 5.41) is 21.6. The van der Waals surface area contributed by atoms with E-state index in [-0.39, 0.29) is 0 Å². The highest BCUT2D eigenvalue weighted by molar-refractivity contribution is 5.29. The van der Waals surface area contributed by atoms with Crippen molar-refractivity contribution in [3.05, 3.63) is 30.9 Å². The molecular weight excluding hydrogens is 210 g/mol. The van der Waals surface area contributed by atoms with Crippen LogP contribution in [0.15, 0.2) is 30.9 Å². The molecule has 3 aromatic rings. The van der Waals surface area contributed by atoms with Crippen molar-refractivity contribution in [3.63, 3.8) is 0 Å². The van der Waals surface area contributed by atoms with Crippen molar-refractivity contribution in [1.29, 1.82) is 0 Å². The van der Waals surface area contributed by atoms with E-state index in [0.717, 1.165) is 0 Å². The molecule has 0 fully saturated rings. The molecule has 3 rings (SSSR count). The Morgan fingerprint density at radius 2 is 1.38 bits per heavy atom. The summed E-state index contributed by atoms with van der Waals surface area (Å²) in [4.78, 5) is 4.30. The molecule has 0 saturated carbocycles. The molecular formula is C7H5N9. The van der Waals surface area contributed by atoms with Crippen LogP contribution in [0.1, 0.15) is 0 Å². The van der Waals surface area contributed by atoms with Crippen molar-refractivity contribution in [1.82, 2.24) is 45.4 Å². The highest BCUT2D eigenvalue weighted by Crippen LogP contribution is 2.05. The van der Waals surface area contributed by atoms with E-state index in [1.54, 1.807) is 12.1 Å². The minimum atomic E-state index is 0.595. The number of aromatic nitrogens is 9. The fourth-order valence-electron chi connectivity index (χ4n) is 1.20. The van der Waals surface area contributed by atoms with Crippen LogP contribution in [0.4, 0.5) is 0 Å². The lowest BCUT2D eigenvalue weighted by Gasteiger charge is -2.01. The average molecular weight is 215 g/mol. The lowest BCUT2D eigenvalue weighted by atomic mass is 10.4. The van der Waals surface area contributed by atoms with Crippen LogP contribution in [0.3, 0.4) is 0 Å². The summed E-state index contributed by atoms with van der Waals surface area (Å²) in [6.45, 7) is 0. The van der Waals surface area contributed by atoms with Gasteiger partial charge in [-0.25, -0.2) is 4.98 Å². The van der Waals surface area contributed by atoms with Gasteiger partial charge in [0, 0.05) is 0 Å². The third-order valence-electron chi connectivity index (χ3n) is 1.89. The van der Waals surface area contributed by atoms with Gasteiger partial charge in [0.1, 0.15) is 12.7 Å². The molecule has 0 N–H and O–H groups in total. The van der Waals surface area contributed by atoms with Gasteiger partial charge in [0.15, 0.2) is 11.6 Å². The van der Waals surface area contributed by atoms with Gasteiger partial charge in [0.2, 0.25) is 0 Å². The molecule has 78 valence electrons. The number of tetrazole rings is 2. The maximum atomic E-state index is 4.30. The minimum Gasteiger partial charge on any atom is -0.209 e. The van der Waals surface area contributed by atoms with Gasteiger partial charge in [-0.3, -0.25) is 0 Å². The molecule has 0 radical (unpaired) electrons. The molecule has 9 heteroatoms. The second-order valence-electron chi connectivity index (χ2n) is 2.86. The van der Waals surface area contributed by atoms with Gasteiger partial charge in [0.05, 0.1) is 0 Å². The van der Waals surface area contributed by atoms with Gasteiger partial charge in [-0.05, 0) is 33.0 Å². The van der Waals surface area contributed by atoms with Gasteiger partial charge in [0.25, 0.3) is 0 Å². The molecule has 16 heavy (non-hydrogen) atoms. The number of hydrogen-bond acceptors (Lipinski definition) is 7. The van der Waals surface area contributed by atoms with E-state index in [9.17, 15) is 0 Å². The molecule has 0 aliphatic carbocycles. The van der Waals surface area contributed by atoms with Crippen molar-refractivity contribution in [2.45, 2.75) is 0 Å². The first-order chi connectivity index (χ1) is 7.93. The number of pyridine rings is 1. The fraction of sp³-hybridized carbons (Fsp3) is 0. The first-order valence-corrected chi connectivity index (χ1v) is 4.37. The van der Waals surface area contributed by atoms with Crippen LogP contribution in [0.25, 0.3) is 11.6 Å². The zero-order chi connectivity index (χ0) is 10.8. The van der Waals surface area contributed by atoms with Crippen molar-refractivity contribution >= 4 is 0 Å². The average Bonchev–Trinajstić information content (AvgIpc) is 3.03. The summed E-state index contributed by atoms with van der Waals surface area (Å²) < 4.78 is 2.90. The Morgan fingerprint density at radius 1 is 0.812 bits per heavy atom. The molecule has 0 spiro atoms. The Bertz CT molecular complexity index is 520. The van der Waals surface area contributed by atoms with Gasteiger partial charge in [-0.2, -0.15) is 9.36 Å². The van der Waals surface area contributed by atoms with Gasteiger partial charge >= 0.3 is 0 Å². The monoisotopic (exact) mass is 215 g/mol. The van der Waals surface area contributed by atoms with E-state index >= 15 is 0 Å². The van der Waals surface area contributed by atoms with Crippen LogP contribution >= 0.6 is 0 Å². The van der Waals surface area contributed by atoms with Crippen LogP contribution in [0.5, 0.6) is 0 Å². The Labute approximate surface area is 88.7 Å². The summed E-state index contributed by atoms with van der Waals surface area (Å²) in [5.41, 5.74) is 0. The van der Waals surface area contributed by atoms with Gasteiger partial charge in [-0.15, -0.1) is 10.2 Å². The van der Waals surface area contributed by atoms with E-state index in [0.29, 0.717) is 11.6 Å². The van der Waals surface area contributed by atoms with E-state index in [4.69, 9.17) is 0 Å². The molecule has 3 heterocycles. The highest BCUT2D eigenvalue weighted by atomic mass is 15.6. The van der Waals surface area contributed by atoms with Crippen LogP contribution in [-0.2, 0) is 0 Å². The summed E-state index contributed by atoms with van der Waals surface area (Å²) in [7, 11) is 0. The quantitative estimate of drug-likeness (QED) is 0.542. The predicted molar refractivity (Wildman–Crippen MR) is 49.7 cm³/mol. The Balaban J connectivity index is 2.07. The highest BCUT2D eigenvalue weighted by Gasteiger charge is 2.03. The van der Waals surface area contributed by atoms with E-state index in [1.165, 1.54) is 22.0 Å². The second kappa shape index (κ2) is 3.46. The van der Waals surface area contributed by atoms with Crippen LogP contribution in [0, 0.1) is 0 Å². The lowest BCUT2D eigenvalue weighted by molar-refractivity contribution is 0.742. The fourth-order valence-corrected chi connectivity index (χ4v) is 1.20. The molecule has 0 saturated heterocycles.